The first kappa shape index (κ1) is 15.0. The number of nitrogens with zero attached hydrogens (tertiary/aromatic N) is 1. The van der Waals surface area contributed by atoms with E-state index in [0.29, 0.717) is 0 Å². The Morgan fingerprint density at radius 1 is 1.26 bits per heavy atom. The summed E-state index contributed by atoms with van der Waals surface area (Å²) in [5.74, 6) is 1.52. The number of halogens is 1. The second kappa shape index (κ2) is 7.41. The zero-order chi connectivity index (χ0) is 13.7. The van der Waals surface area contributed by atoms with Crippen molar-refractivity contribution in [1.29, 1.82) is 0 Å². The highest BCUT2D eigenvalue weighted by Gasteiger charge is 2.24. The van der Waals surface area contributed by atoms with Crippen molar-refractivity contribution in [2.24, 2.45) is 17.6 Å². The third-order valence-electron chi connectivity index (χ3n) is 4.26. The van der Waals surface area contributed by atoms with Gasteiger partial charge in [-0.2, -0.15) is 0 Å². The van der Waals surface area contributed by atoms with E-state index < -0.39 is 0 Å². The van der Waals surface area contributed by atoms with Gasteiger partial charge in [-0.05, 0) is 56.0 Å². The fraction of sp³-hybridized carbons (Fsp3) is 0.625. The third kappa shape index (κ3) is 4.59. The Kier molecular flexibility index (Phi) is 5.86. The second-order valence-electron chi connectivity index (χ2n) is 5.87. The molecule has 0 bridgehead atoms. The van der Waals surface area contributed by atoms with E-state index in [2.05, 4.69) is 52.1 Å². The Labute approximate surface area is 125 Å². The highest BCUT2D eigenvalue weighted by Crippen LogP contribution is 2.30. The van der Waals surface area contributed by atoms with Crippen molar-refractivity contribution in [2.45, 2.75) is 32.2 Å². The molecular formula is C16H25BrN2. The lowest BCUT2D eigenvalue weighted by atomic mass is 9.79. The lowest BCUT2D eigenvalue weighted by Crippen LogP contribution is -2.35. The van der Waals surface area contributed by atoms with Crippen molar-refractivity contribution in [2.75, 3.05) is 20.1 Å². The predicted molar refractivity (Wildman–Crippen MR) is 85.0 cm³/mol. The van der Waals surface area contributed by atoms with Crippen LogP contribution in [-0.2, 0) is 6.54 Å². The molecule has 19 heavy (non-hydrogen) atoms. The molecule has 0 spiro atoms. The average Bonchev–Trinajstić information content (AvgIpc) is 2.39. The molecule has 0 amide bonds. The number of hydrogen-bond acceptors (Lipinski definition) is 2. The van der Waals surface area contributed by atoms with Gasteiger partial charge in [0.05, 0.1) is 0 Å². The molecule has 2 nitrogen and oxygen atoms in total. The van der Waals surface area contributed by atoms with Crippen molar-refractivity contribution in [1.82, 2.24) is 4.90 Å². The molecular weight excluding hydrogens is 300 g/mol. The van der Waals surface area contributed by atoms with Gasteiger partial charge in [0.1, 0.15) is 0 Å². The van der Waals surface area contributed by atoms with E-state index in [1.54, 1.807) is 0 Å². The maximum atomic E-state index is 5.92. The predicted octanol–water partition coefficient (Wildman–Crippen LogP) is 3.65. The molecule has 2 unspecified atom stereocenters. The molecule has 0 aliphatic heterocycles. The lowest BCUT2D eigenvalue weighted by Gasteiger charge is -2.33. The minimum absolute atomic E-state index is 0.735. The minimum Gasteiger partial charge on any atom is -0.330 e. The highest BCUT2D eigenvalue weighted by atomic mass is 79.9. The number of nitrogens with two attached hydrogens (primary N) is 1. The van der Waals surface area contributed by atoms with Gasteiger partial charge in [-0.1, -0.05) is 40.9 Å². The molecule has 2 N–H and O–H groups in total. The van der Waals surface area contributed by atoms with Crippen LogP contribution >= 0.6 is 15.9 Å². The van der Waals surface area contributed by atoms with Crippen LogP contribution in [0.2, 0.25) is 0 Å². The lowest BCUT2D eigenvalue weighted by molar-refractivity contribution is 0.170. The van der Waals surface area contributed by atoms with E-state index >= 15 is 0 Å². The molecule has 1 aromatic carbocycles. The molecule has 0 saturated heterocycles. The molecule has 0 heterocycles. The number of benzene rings is 1. The SMILES string of the molecule is CN(Cc1cccc(Br)c1)CC1CCCCC1CN. The summed E-state index contributed by atoms with van der Waals surface area (Å²) in [6.07, 6.45) is 5.43. The summed E-state index contributed by atoms with van der Waals surface area (Å²) in [5.41, 5.74) is 7.29. The molecule has 1 saturated carbocycles. The van der Waals surface area contributed by atoms with Crippen LogP contribution in [0, 0.1) is 11.8 Å². The van der Waals surface area contributed by atoms with Gasteiger partial charge < -0.3 is 10.6 Å². The van der Waals surface area contributed by atoms with Crippen LogP contribution in [0.1, 0.15) is 31.2 Å². The van der Waals surface area contributed by atoms with Crippen molar-refractivity contribution >= 4 is 15.9 Å². The molecule has 2 atom stereocenters. The summed E-state index contributed by atoms with van der Waals surface area (Å²) in [4.78, 5) is 2.44. The minimum atomic E-state index is 0.735. The Balaban J connectivity index is 1.87. The van der Waals surface area contributed by atoms with E-state index in [4.69, 9.17) is 5.73 Å². The van der Waals surface area contributed by atoms with Crippen LogP contribution in [0.25, 0.3) is 0 Å². The molecule has 0 aromatic heterocycles. The smallest absolute Gasteiger partial charge is 0.0231 e. The van der Waals surface area contributed by atoms with Crippen LogP contribution in [0.5, 0.6) is 0 Å². The number of rotatable bonds is 5. The fourth-order valence-corrected chi connectivity index (χ4v) is 3.69. The van der Waals surface area contributed by atoms with Gasteiger partial charge in [0, 0.05) is 17.6 Å². The first-order chi connectivity index (χ1) is 9.19. The first-order valence-corrected chi connectivity index (χ1v) is 8.11. The summed E-state index contributed by atoms with van der Waals surface area (Å²) in [5, 5.41) is 0. The standard InChI is InChI=1S/C16H25BrN2/c1-19(11-13-5-4-8-16(17)9-13)12-15-7-3-2-6-14(15)10-18/h4-5,8-9,14-15H,2-3,6-7,10-12,18H2,1H3. The zero-order valence-corrected chi connectivity index (χ0v) is 13.4. The normalized spacial score (nSPS) is 23.8. The second-order valence-corrected chi connectivity index (χ2v) is 6.78. The van der Waals surface area contributed by atoms with E-state index in [1.807, 2.05) is 0 Å². The molecule has 1 aromatic rings. The van der Waals surface area contributed by atoms with Crippen LogP contribution in [-0.4, -0.2) is 25.0 Å². The van der Waals surface area contributed by atoms with Gasteiger partial charge in [-0.25, -0.2) is 0 Å². The third-order valence-corrected chi connectivity index (χ3v) is 4.75. The summed E-state index contributed by atoms with van der Waals surface area (Å²) in [6.45, 7) is 3.05. The maximum absolute atomic E-state index is 5.92. The Bertz CT molecular complexity index is 394. The molecule has 1 aliphatic carbocycles. The quantitative estimate of drug-likeness (QED) is 0.895. The van der Waals surface area contributed by atoms with Gasteiger partial charge in [0.25, 0.3) is 0 Å². The molecule has 1 aliphatic rings. The highest BCUT2D eigenvalue weighted by molar-refractivity contribution is 9.10. The van der Waals surface area contributed by atoms with Crippen molar-refractivity contribution < 1.29 is 0 Å². The van der Waals surface area contributed by atoms with E-state index in [1.165, 1.54) is 37.8 Å². The van der Waals surface area contributed by atoms with Crippen LogP contribution < -0.4 is 5.73 Å². The van der Waals surface area contributed by atoms with Crippen molar-refractivity contribution in [3.63, 3.8) is 0 Å². The van der Waals surface area contributed by atoms with Crippen molar-refractivity contribution in [3.05, 3.63) is 34.3 Å². The van der Waals surface area contributed by atoms with E-state index in [0.717, 1.165) is 29.4 Å². The molecule has 2 rings (SSSR count). The molecule has 1 fully saturated rings. The monoisotopic (exact) mass is 324 g/mol. The summed E-state index contributed by atoms with van der Waals surface area (Å²) >= 11 is 3.54. The Morgan fingerprint density at radius 3 is 2.68 bits per heavy atom. The topological polar surface area (TPSA) is 29.3 Å². The Hall–Kier alpha value is -0.380. The van der Waals surface area contributed by atoms with Crippen LogP contribution in [0.3, 0.4) is 0 Å². The van der Waals surface area contributed by atoms with Gasteiger partial charge in [-0.15, -0.1) is 0 Å². The number of hydrogen-bond donors (Lipinski definition) is 1. The Morgan fingerprint density at radius 2 is 2.00 bits per heavy atom. The maximum Gasteiger partial charge on any atom is 0.0231 e. The van der Waals surface area contributed by atoms with Gasteiger partial charge in [-0.3, -0.25) is 0 Å². The van der Waals surface area contributed by atoms with Crippen LogP contribution in [0.15, 0.2) is 28.7 Å². The molecule has 106 valence electrons. The van der Waals surface area contributed by atoms with Gasteiger partial charge >= 0.3 is 0 Å². The zero-order valence-electron chi connectivity index (χ0n) is 11.8. The van der Waals surface area contributed by atoms with Gasteiger partial charge in [0.15, 0.2) is 0 Å². The summed E-state index contributed by atoms with van der Waals surface area (Å²) < 4.78 is 1.16. The molecule has 3 heteroatoms. The van der Waals surface area contributed by atoms with Crippen molar-refractivity contribution in [3.8, 4) is 0 Å². The summed E-state index contributed by atoms with van der Waals surface area (Å²) in [7, 11) is 2.23. The van der Waals surface area contributed by atoms with Crippen LogP contribution in [0.4, 0.5) is 0 Å². The summed E-state index contributed by atoms with van der Waals surface area (Å²) in [6, 6.07) is 8.59. The van der Waals surface area contributed by atoms with E-state index in [9.17, 15) is 0 Å². The van der Waals surface area contributed by atoms with Gasteiger partial charge in [0.2, 0.25) is 0 Å². The first-order valence-electron chi connectivity index (χ1n) is 7.32. The molecule has 0 radical (unpaired) electrons. The van der Waals surface area contributed by atoms with E-state index in [-0.39, 0.29) is 0 Å². The average molecular weight is 325 g/mol. The fourth-order valence-electron chi connectivity index (χ4n) is 3.25. The largest absolute Gasteiger partial charge is 0.330 e.